The van der Waals surface area contributed by atoms with Gasteiger partial charge in [0.1, 0.15) is 11.5 Å². The first-order chi connectivity index (χ1) is 9.40. The van der Waals surface area contributed by atoms with E-state index < -0.39 is 9.85 Å². The Morgan fingerprint density at radius 3 is 1.30 bits per heavy atom. The van der Waals surface area contributed by atoms with Crippen LogP contribution in [0.4, 0.5) is 11.4 Å². The second-order valence-electron chi connectivity index (χ2n) is 3.55. The van der Waals surface area contributed by atoms with Gasteiger partial charge in [0, 0.05) is 30.3 Å². The number of nitro benzene ring substituents is 2. The minimum Gasteiger partial charge on any atom is -0.508 e. The topological polar surface area (TPSA) is 127 Å². The summed E-state index contributed by atoms with van der Waals surface area (Å²) < 4.78 is 0. The van der Waals surface area contributed by atoms with E-state index in [9.17, 15) is 20.2 Å². The molecule has 0 aliphatic heterocycles. The molecule has 2 N–H and O–H groups in total. The molecule has 0 saturated heterocycles. The van der Waals surface area contributed by atoms with Gasteiger partial charge in [-0.05, 0) is 12.1 Å². The molecule has 0 amide bonds. The van der Waals surface area contributed by atoms with Crippen molar-refractivity contribution in [2.45, 2.75) is 0 Å². The zero-order valence-electron chi connectivity index (χ0n) is 10.0. The summed E-state index contributed by atoms with van der Waals surface area (Å²) in [5.41, 5.74) is -0.304. The van der Waals surface area contributed by atoms with Crippen LogP contribution in [0.15, 0.2) is 48.5 Å². The van der Waals surface area contributed by atoms with Crippen molar-refractivity contribution >= 4 is 11.4 Å². The maximum atomic E-state index is 10.1. The largest absolute Gasteiger partial charge is 0.508 e. The van der Waals surface area contributed by atoms with Crippen LogP contribution < -0.4 is 0 Å². The van der Waals surface area contributed by atoms with Crippen LogP contribution in [-0.4, -0.2) is 20.1 Å². The Labute approximate surface area is 112 Å². The molecule has 0 spiro atoms. The maximum Gasteiger partial charge on any atom is 0.269 e. The third kappa shape index (κ3) is 4.61. The number of nitrogens with zero attached hydrogens (tertiary/aromatic N) is 2. The lowest BCUT2D eigenvalue weighted by Gasteiger charge is -1.90. The highest BCUT2D eigenvalue weighted by Gasteiger charge is 2.08. The number of non-ortho nitro benzene ring substituents is 2. The van der Waals surface area contributed by atoms with Crippen molar-refractivity contribution in [1.82, 2.24) is 0 Å². The first-order valence-electron chi connectivity index (χ1n) is 5.27. The van der Waals surface area contributed by atoms with Crippen LogP contribution in [0.1, 0.15) is 0 Å². The molecule has 0 heterocycles. The standard InChI is InChI=1S/C6H4N2O4.C6H6O2/c9-7(10)5-1-2-6(4-3-5)8(11)12;7-5-2-1-3-6(8)4-5/h1-4H;1-4,7-8H. The Morgan fingerprint density at radius 1 is 0.750 bits per heavy atom. The highest BCUT2D eigenvalue weighted by molar-refractivity contribution is 5.39. The Kier molecular flexibility index (Phi) is 4.98. The van der Waals surface area contributed by atoms with E-state index in [4.69, 9.17) is 10.2 Å². The monoisotopic (exact) mass is 278 g/mol. The molecule has 0 atom stereocenters. The summed E-state index contributed by atoms with van der Waals surface area (Å²) in [6, 6.07) is 10.2. The van der Waals surface area contributed by atoms with Crippen LogP contribution in [0.5, 0.6) is 11.5 Å². The first kappa shape index (κ1) is 14.9. The van der Waals surface area contributed by atoms with Crippen LogP contribution in [-0.2, 0) is 0 Å². The molecule has 8 heteroatoms. The normalized spacial score (nSPS) is 9.20. The fourth-order valence-electron chi connectivity index (χ4n) is 1.19. The summed E-state index contributed by atoms with van der Waals surface area (Å²) in [5, 5.41) is 37.5. The number of phenolic OH excluding ortho intramolecular Hbond substituents is 2. The van der Waals surface area contributed by atoms with Crippen LogP contribution in [0.2, 0.25) is 0 Å². The molecular formula is C12H10N2O6. The Morgan fingerprint density at radius 2 is 1.10 bits per heavy atom. The van der Waals surface area contributed by atoms with Crippen LogP contribution in [0, 0.1) is 20.2 Å². The van der Waals surface area contributed by atoms with Gasteiger partial charge >= 0.3 is 0 Å². The van der Waals surface area contributed by atoms with Crippen molar-refractivity contribution < 1.29 is 20.1 Å². The van der Waals surface area contributed by atoms with Gasteiger partial charge in [-0.1, -0.05) is 6.07 Å². The molecule has 2 rings (SSSR count). The van der Waals surface area contributed by atoms with E-state index in [0.717, 1.165) is 24.3 Å². The highest BCUT2D eigenvalue weighted by atomic mass is 16.6. The van der Waals surface area contributed by atoms with E-state index in [-0.39, 0.29) is 22.9 Å². The van der Waals surface area contributed by atoms with E-state index in [1.807, 2.05) is 0 Å². The van der Waals surface area contributed by atoms with Crippen molar-refractivity contribution in [3.8, 4) is 11.5 Å². The van der Waals surface area contributed by atoms with Crippen LogP contribution in [0.3, 0.4) is 0 Å². The van der Waals surface area contributed by atoms with E-state index >= 15 is 0 Å². The minimum absolute atomic E-state index is 0.0880. The van der Waals surface area contributed by atoms with Gasteiger partial charge < -0.3 is 10.2 Å². The van der Waals surface area contributed by atoms with E-state index in [0.29, 0.717) is 0 Å². The third-order valence-electron chi connectivity index (χ3n) is 2.10. The van der Waals surface area contributed by atoms with Crippen molar-refractivity contribution in [3.63, 3.8) is 0 Å². The number of aromatic hydroxyl groups is 2. The molecule has 8 nitrogen and oxygen atoms in total. The van der Waals surface area contributed by atoms with E-state index in [1.165, 1.54) is 18.2 Å². The average Bonchev–Trinajstić information content (AvgIpc) is 2.39. The first-order valence-corrected chi connectivity index (χ1v) is 5.27. The molecule has 0 radical (unpaired) electrons. The van der Waals surface area contributed by atoms with Crippen molar-refractivity contribution in [3.05, 3.63) is 68.8 Å². The number of rotatable bonds is 2. The van der Waals surface area contributed by atoms with Gasteiger partial charge in [-0.3, -0.25) is 20.2 Å². The molecule has 0 aromatic heterocycles. The lowest BCUT2D eigenvalue weighted by Crippen LogP contribution is -1.90. The number of hydrogen-bond acceptors (Lipinski definition) is 6. The molecule has 0 fully saturated rings. The summed E-state index contributed by atoms with van der Waals surface area (Å²) in [5.74, 6) is 0.176. The van der Waals surface area contributed by atoms with Crippen molar-refractivity contribution in [2.24, 2.45) is 0 Å². The lowest BCUT2D eigenvalue weighted by molar-refractivity contribution is -0.389. The summed E-state index contributed by atoms with van der Waals surface area (Å²) in [6.07, 6.45) is 0. The zero-order valence-corrected chi connectivity index (χ0v) is 10.0. The van der Waals surface area contributed by atoms with Crippen LogP contribution in [0.25, 0.3) is 0 Å². The van der Waals surface area contributed by atoms with Crippen molar-refractivity contribution in [2.75, 3.05) is 0 Å². The minimum atomic E-state index is -0.607. The summed E-state index contributed by atoms with van der Waals surface area (Å²) >= 11 is 0. The van der Waals surface area contributed by atoms with Gasteiger partial charge in [-0.15, -0.1) is 0 Å². The lowest BCUT2D eigenvalue weighted by atomic mass is 10.3. The van der Waals surface area contributed by atoms with Crippen molar-refractivity contribution in [1.29, 1.82) is 0 Å². The fourth-order valence-corrected chi connectivity index (χ4v) is 1.19. The molecule has 2 aromatic rings. The number of phenols is 2. The van der Waals surface area contributed by atoms with E-state index in [1.54, 1.807) is 6.07 Å². The van der Waals surface area contributed by atoms with Crippen LogP contribution >= 0.6 is 0 Å². The van der Waals surface area contributed by atoms with E-state index in [2.05, 4.69) is 0 Å². The molecule has 0 bridgehead atoms. The second-order valence-corrected chi connectivity index (χ2v) is 3.55. The van der Waals surface area contributed by atoms with Gasteiger partial charge in [0.25, 0.3) is 11.4 Å². The van der Waals surface area contributed by atoms with Gasteiger partial charge in [-0.25, -0.2) is 0 Å². The summed E-state index contributed by atoms with van der Waals surface area (Å²) in [4.78, 5) is 19.0. The SMILES string of the molecule is O=[N+]([O-])c1ccc([N+](=O)[O-])cc1.Oc1cccc(O)c1. The number of hydrogen-bond donors (Lipinski definition) is 2. The number of benzene rings is 2. The summed E-state index contributed by atoms with van der Waals surface area (Å²) in [7, 11) is 0. The third-order valence-corrected chi connectivity index (χ3v) is 2.10. The zero-order chi connectivity index (χ0) is 15.1. The molecule has 20 heavy (non-hydrogen) atoms. The van der Waals surface area contributed by atoms with Gasteiger partial charge in [0.15, 0.2) is 0 Å². The molecular weight excluding hydrogens is 268 g/mol. The maximum absolute atomic E-state index is 10.1. The molecule has 0 unspecified atom stereocenters. The quantitative estimate of drug-likeness (QED) is 0.642. The smallest absolute Gasteiger partial charge is 0.269 e. The highest BCUT2D eigenvalue weighted by Crippen LogP contribution is 2.16. The second kappa shape index (κ2) is 6.69. The number of nitro groups is 2. The predicted molar refractivity (Wildman–Crippen MR) is 69.5 cm³/mol. The Hall–Kier alpha value is -3.16. The Bertz CT molecular complexity index is 561. The molecule has 104 valence electrons. The molecule has 0 saturated carbocycles. The predicted octanol–water partition coefficient (Wildman–Crippen LogP) is 2.60. The Balaban J connectivity index is 0.000000217. The molecule has 2 aromatic carbocycles. The summed E-state index contributed by atoms with van der Waals surface area (Å²) in [6.45, 7) is 0. The molecule has 0 aliphatic carbocycles. The van der Waals surface area contributed by atoms with Gasteiger partial charge in [0.05, 0.1) is 9.85 Å². The van der Waals surface area contributed by atoms with Gasteiger partial charge in [-0.2, -0.15) is 0 Å². The average molecular weight is 278 g/mol. The van der Waals surface area contributed by atoms with Gasteiger partial charge in [0.2, 0.25) is 0 Å². The fraction of sp³-hybridized carbons (Fsp3) is 0. The molecule has 0 aliphatic rings.